The maximum atomic E-state index is 12.0. The Kier molecular flexibility index (Phi) is 4.58. The van der Waals surface area contributed by atoms with Crippen LogP contribution in [-0.4, -0.2) is 11.9 Å². The van der Waals surface area contributed by atoms with Crippen LogP contribution in [0.3, 0.4) is 0 Å². The number of nitrogens with one attached hydrogen (secondary N) is 1. The van der Waals surface area contributed by atoms with Gasteiger partial charge in [-0.2, -0.15) is 0 Å². The van der Waals surface area contributed by atoms with E-state index in [0.29, 0.717) is 6.54 Å². The van der Waals surface area contributed by atoms with E-state index in [1.54, 1.807) is 12.1 Å². The van der Waals surface area contributed by atoms with Gasteiger partial charge in [0.05, 0.1) is 0 Å². The van der Waals surface area contributed by atoms with Gasteiger partial charge >= 0.3 is 6.36 Å². The molecule has 0 aromatic heterocycles. The minimum Gasteiger partial charge on any atom is -0.406 e. The van der Waals surface area contributed by atoms with E-state index in [1.165, 1.54) is 31.4 Å². The molecular weight excluding hydrogens is 267 g/mol. The van der Waals surface area contributed by atoms with Crippen LogP contribution in [0.4, 0.5) is 13.2 Å². The Morgan fingerprint density at radius 1 is 1.10 bits per heavy atom. The molecule has 0 radical (unpaired) electrons. The predicted octanol–water partition coefficient (Wildman–Crippen LogP) is 4.40. The Bertz CT molecular complexity index is 422. The molecule has 2 rings (SSSR count). The van der Waals surface area contributed by atoms with Gasteiger partial charge in [0.1, 0.15) is 5.75 Å². The van der Waals surface area contributed by atoms with Crippen molar-refractivity contribution >= 4 is 0 Å². The Morgan fingerprint density at radius 3 is 2.25 bits per heavy atom. The van der Waals surface area contributed by atoms with Crippen molar-refractivity contribution in [2.45, 2.75) is 57.5 Å². The van der Waals surface area contributed by atoms with Gasteiger partial charge in [0.15, 0.2) is 0 Å². The van der Waals surface area contributed by atoms with Gasteiger partial charge in [-0.1, -0.05) is 31.4 Å². The molecule has 2 nitrogen and oxygen atoms in total. The Balaban J connectivity index is 1.87. The zero-order chi connectivity index (χ0) is 14.6. The van der Waals surface area contributed by atoms with Gasteiger partial charge in [-0.15, -0.1) is 13.2 Å². The first kappa shape index (κ1) is 15.2. The lowest BCUT2D eigenvalue weighted by molar-refractivity contribution is -0.274. The standard InChI is InChI=1S/C15H20F3NO/c1-14(9-3-2-4-10-14)19-11-12-5-7-13(8-6-12)20-15(16,17)18/h5-8,19H,2-4,9-11H2,1H3. The van der Waals surface area contributed by atoms with Crippen LogP contribution >= 0.6 is 0 Å². The Morgan fingerprint density at radius 2 is 1.70 bits per heavy atom. The van der Waals surface area contributed by atoms with Gasteiger partial charge in [0.25, 0.3) is 0 Å². The molecule has 0 bridgehead atoms. The molecule has 1 aromatic rings. The van der Waals surface area contributed by atoms with E-state index in [0.717, 1.165) is 18.4 Å². The molecule has 20 heavy (non-hydrogen) atoms. The Labute approximate surface area is 117 Å². The molecule has 1 aliphatic carbocycles. The summed E-state index contributed by atoms with van der Waals surface area (Å²) in [7, 11) is 0. The summed E-state index contributed by atoms with van der Waals surface area (Å²) in [6.45, 7) is 2.89. The van der Waals surface area contributed by atoms with E-state index >= 15 is 0 Å². The topological polar surface area (TPSA) is 21.3 Å². The number of ether oxygens (including phenoxy) is 1. The van der Waals surface area contributed by atoms with Crippen LogP contribution in [0.1, 0.15) is 44.6 Å². The van der Waals surface area contributed by atoms with E-state index in [-0.39, 0.29) is 11.3 Å². The first-order chi connectivity index (χ1) is 9.36. The third-order valence-corrected chi connectivity index (χ3v) is 3.83. The van der Waals surface area contributed by atoms with Gasteiger partial charge in [-0.25, -0.2) is 0 Å². The minimum absolute atomic E-state index is 0.152. The van der Waals surface area contributed by atoms with E-state index in [2.05, 4.69) is 17.0 Å². The summed E-state index contributed by atoms with van der Waals surface area (Å²) in [5.41, 5.74) is 1.12. The number of hydrogen-bond donors (Lipinski definition) is 1. The zero-order valence-corrected chi connectivity index (χ0v) is 11.6. The van der Waals surface area contributed by atoms with Crippen molar-refractivity contribution in [3.63, 3.8) is 0 Å². The van der Waals surface area contributed by atoms with Crippen LogP contribution in [0.15, 0.2) is 24.3 Å². The number of alkyl halides is 3. The highest BCUT2D eigenvalue weighted by Gasteiger charge is 2.31. The van der Waals surface area contributed by atoms with Gasteiger partial charge in [0, 0.05) is 12.1 Å². The number of halogens is 3. The van der Waals surface area contributed by atoms with Gasteiger partial charge in [-0.3, -0.25) is 0 Å². The molecule has 112 valence electrons. The van der Waals surface area contributed by atoms with Crippen LogP contribution in [0.5, 0.6) is 5.75 Å². The van der Waals surface area contributed by atoms with Crippen molar-refractivity contribution in [2.75, 3.05) is 0 Å². The summed E-state index contributed by atoms with van der Waals surface area (Å²) < 4.78 is 40.0. The molecule has 0 atom stereocenters. The fourth-order valence-corrected chi connectivity index (χ4v) is 2.63. The van der Waals surface area contributed by atoms with Crippen LogP contribution in [0.25, 0.3) is 0 Å². The monoisotopic (exact) mass is 287 g/mol. The molecule has 0 aliphatic heterocycles. The lowest BCUT2D eigenvalue weighted by atomic mass is 9.83. The molecule has 0 spiro atoms. The summed E-state index contributed by atoms with van der Waals surface area (Å²) >= 11 is 0. The summed E-state index contributed by atoms with van der Waals surface area (Å²) in [5.74, 6) is -0.176. The number of rotatable bonds is 4. The molecule has 5 heteroatoms. The van der Waals surface area contributed by atoms with Crippen molar-refractivity contribution in [1.29, 1.82) is 0 Å². The molecular formula is C15H20F3NO. The molecule has 1 aliphatic rings. The molecule has 1 saturated carbocycles. The highest BCUT2D eigenvalue weighted by Crippen LogP contribution is 2.28. The number of hydrogen-bond acceptors (Lipinski definition) is 2. The third kappa shape index (κ3) is 4.71. The summed E-state index contributed by atoms with van der Waals surface area (Å²) in [6, 6.07) is 6.04. The minimum atomic E-state index is -4.63. The van der Waals surface area contributed by atoms with Crippen LogP contribution < -0.4 is 10.1 Å². The average Bonchev–Trinajstić information content (AvgIpc) is 2.37. The SMILES string of the molecule is CC1(NCc2ccc(OC(F)(F)F)cc2)CCCCC1. The van der Waals surface area contributed by atoms with Crippen molar-refractivity contribution in [1.82, 2.24) is 5.32 Å². The first-order valence-corrected chi connectivity index (χ1v) is 6.96. The zero-order valence-electron chi connectivity index (χ0n) is 11.6. The largest absolute Gasteiger partial charge is 0.573 e. The van der Waals surface area contributed by atoms with Crippen LogP contribution in [-0.2, 0) is 6.54 Å². The van der Waals surface area contributed by atoms with E-state index in [9.17, 15) is 13.2 Å². The van der Waals surface area contributed by atoms with Crippen molar-refractivity contribution in [2.24, 2.45) is 0 Å². The third-order valence-electron chi connectivity index (χ3n) is 3.83. The predicted molar refractivity (Wildman–Crippen MR) is 71.5 cm³/mol. The lowest BCUT2D eigenvalue weighted by Gasteiger charge is -2.34. The van der Waals surface area contributed by atoms with Gasteiger partial charge in [0.2, 0.25) is 0 Å². The molecule has 0 saturated heterocycles. The lowest BCUT2D eigenvalue weighted by Crippen LogP contribution is -2.43. The van der Waals surface area contributed by atoms with Crippen molar-refractivity contribution in [3.8, 4) is 5.75 Å². The quantitative estimate of drug-likeness (QED) is 0.886. The van der Waals surface area contributed by atoms with Crippen LogP contribution in [0, 0.1) is 0 Å². The average molecular weight is 287 g/mol. The fraction of sp³-hybridized carbons (Fsp3) is 0.600. The van der Waals surface area contributed by atoms with E-state index in [1.807, 2.05) is 0 Å². The second kappa shape index (κ2) is 6.04. The molecule has 1 fully saturated rings. The highest BCUT2D eigenvalue weighted by molar-refractivity contribution is 5.27. The smallest absolute Gasteiger partial charge is 0.406 e. The molecule has 1 N–H and O–H groups in total. The number of benzene rings is 1. The van der Waals surface area contributed by atoms with Gasteiger partial charge in [-0.05, 0) is 37.5 Å². The summed E-state index contributed by atoms with van der Waals surface area (Å²) in [4.78, 5) is 0. The highest BCUT2D eigenvalue weighted by atomic mass is 19.4. The molecule has 0 amide bonds. The Hall–Kier alpha value is -1.23. The van der Waals surface area contributed by atoms with Crippen molar-refractivity contribution < 1.29 is 17.9 Å². The van der Waals surface area contributed by atoms with E-state index < -0.39 is 6.36 Å². The molecule has 0 heterocycles. The van der Waals surface area contributed by atoms with Gasteiger partial charge < -0.3 is 10.1 Å². The van der Waals surface area contributed by atoms with E-state index in [4.69, 9.17) is 0 Å². The second-order valence-electron chi connectivity index (χ2n) is 5.67. The second-order valence-corrected chi connectivity index (χ2v) is 5.67. The maximum Gasteiger partial charge on any atom is 0.573 e. The van der Waals surface area contributed by atoms with Crippen molar-refractivity contribution in [3.05, 3.63) is 29.8 Å². The summed E-state index contributed by atoms with van der Waals surface area (Å²) in [5, 5.41) is 3.52. The molecule has 1 aromatic carbocycles. The maximum absolute atomic E-state index is 12.0. The summed E-state index contributed by atoms with van der Waals surface area (Å²) in [6.07, 6.45) is 1.45. The van der Waals surface area contributed by atoms with Crippen LogP contribution in [0.2, 0.25) is 0 Å². The normalized spacial score (nSPS) is 18.8. The molecule has 0 unspecified atom stereocenters. The fourth-order valence-electron chi connectivity index (χ4n) is 2.63. The first-order valence-electron chi connectivity index (χ1n) is 6.96.